The van der Waals surface area contributed by atoms with Crippen molar-refractivity contribution in [3.05, 3.63) is 71.3 Å². The van der Waals surface area contributed by atoms with Crippen LogP contribution in [0.15, 0.2) is 54.6 Å². The van der Waals surface area contributed by atoms with Gasteiger partial charge in [-0.25, -0.2) is 4.79 Å². The highest BCUT2D eigenvalue weighted by atomic mass is 16.5. The van der Waals surface area contributed by atoms with E-state index < -0.39 is 18.1 Å². The Hall–Kier alpha value is -2.66. The van der Waals surface area contributed by atoms with E-state index in [9.17, 15) is 14.7 Å². The van der Waals surface area contributed by atoms with Crippen molar-refractivity contribution < 1.29 is 19.4 Å². The van der Waals surface area contributed by atoms with Gasteiger partial charge in [0, 0.05) is 17.7 Å². The SMILES string of the molecule is CCOC(=O)C1(CO)c2ccccc2C(=O)N1Cc1ccccc1. The number of aliphatic hydroxyl groups excluding tert-OH is 1. The highest BCUT2D eigenvalue weighted by molar-refractivity contribution is 6.06. The molecule has 24 heavy (non-hydrogen) atoms. The first-order valence-corrected chi connectivity index (χ1v) is 7.88. The van der Waals surface area contributed by atoms with Crippen LogP contribution in [0.5, 0.6) is 0 Å². The molecule has 2 aromatic rings. The number of benzene rings is 2. The van der Waals surface area contributed by atoms with Gasteiger partial charge in [0.05, 0.1) is 13.2 Å². The van der Waals surface area contributed by atoms with Gasteiger partial charge in [-0.3, -0.25) is 4.79 Å². The molecule has 1 amide bonds. The fraction of sp³-hybridized carbons (Fsp3) is 0.263. The summed E-state index contributed by atoms with van der Waals surface area (Å²) in [4.78, 5) is 27.0. The van der Waals surface area contributed by atoms with Gasteiger partial charge in [-0.15, -0.1) is 0 Å². The van der Waals surface area contributed by atoms with Crippen molar-refractivity contribution in [1.29, 1.82) is 0 Å². The molecule has 0 fully saturated rings. The van der Waals surface area contributed by atoms with Crippen molar-refractivity contribution >= 4 is 11.9 Å². The third-order valence-electron chi connectivity index (χ3n) is 4.33. The summed E-state index contributed by atoms with van der Waals surface area (Å²) >= 11 is 0. The summed E-state index contributed by atoms with van der Waals surface area (Å²) in [7, 11) is 0. The van der Waals surface area contributed by atoms with E-state index in [-0.39, 0.29) is 19.1 Å². The zero-order valence-electron chi connectivity index (χ0n) is 13.4. The van der Waals surface area contributed by atoms with Gasteiger partial charge >= 0.3 is 5.97 Å². The minimum Gasteiger partial charge on any atom is -0.464 e. The van der Waals surface area contributed by atoms with Crippen LogP contribution < -0.4 is 0 Å². The third kappa shape index (κ3) is 2.37. The van der Waals surface area contributed by atoms with Gasteiger partial charge in [-0.2, -0.15) is 0 Å². The highest BCUT2D eigenvalue weighted by Gasteiger charge is 2.55. The number of esters is 1. The number of aliphatic hydroxyl groups is 1. The summed E-state index contributed by atoms with van der Waals surface area (Å²) in [5.41, 5.74) is 0.294. The molecule has 0 bridgehead atoms. The number of carbonyl (C=O) groups is 2. The summed E-state index contributed by atoms with van der Waals surface area (Å²) in [6.07, 6.45) is 0. The molecule has 0 saturated carbocycles. The lowest BCUT2D eigenvalue weighted by atomic mass is 9.90. The third-order valence-corrected chi connectivity index (χ3v) is 4.33. The van der Waals surface area contributed by atoms with Crippen LogP contribution in [0.25, 0.3) is 0 Å². The number of ether oxygens (including phenoxy) is 1. The lowest BCUT2D eigenvalue weighted by molar-refractivity contribution is -0.159. The van der Waals surface area contributed by atoms with E-state index in [0.717, 1.165) is 5.56 Å². The Kier molecular flexibility index (Phi) is 4.36. The number of rotatable bonds is 5. The highest BCUT2D eigenvalue weighted by Crippen LogP contribution is 2.41. The zero-order chi connectivity index (χ0) is 17.2. The maximum atomic E-state index is 12.9. The van der Waals surface area contributed by atoms with Crippen LogP contribution >= 0.6 is 0 Å². The smallest absolute Gasteiger partial charge is 0.339 e. The topological polar surface area (TPSA) is 66.8 Å². The first-order valence-electron chi connectivity index (χ1n) is 7.88. The number of hydrogen-bond acceptors (Lipinski definition) is 4. The Morgan fingerprint density at radius 2 is 1.79 bits per heavy atom. The quantitative estimate of drug-likeness (QED) is 0.855. The van der Waals surface area contributed by atoms with E-state index in [1.54, 1.807) is 31.2 Å². The van der Waals surface area contributed by atoms with Crippen LogP contribution in [0.2, 0.25) is 0 Å². The molecule has 1 aliphatic heterocycles. The molecule has 0 aliphatic carbocycles. The van der Waals surface area contributed by atoms with E-state index in [4.69, 9.17) is 4.74 Å². The van der Waals surface area contributed by atoms with Crippen LogP contribution in [0.3, 0.4) is 0 Å². The normalized spacial score (nSPS) is 19.2. The van der Waals surface area contributed by atoms with Crippen molar-refractivity contribution in [3.63, 3.8) is 0 Å². The molecule has 0 spiro atoms. The molecule has 0 radical (unpaired) electrons. The summed E-state index contributed by atoms with van der Waals surface area (Å²) in [5.74, 6) is -0.890. The van der Waals surface area contributed by atoms with Gasteiger partial charge in [0.1, 0.15) is 0 Å². The van der Waals surface area contributed by atoms with Gasteiger partial charge in [0.2, 0.25) is 0 Å². The summed E-state index contributed by atoms with van der Waals surface area (Å²) < 4.78 is 5.20. The Balaban J connectivity index is 2.11. The number of carbonyl (C=O) groups excluding carboxylic acids is 2. The molecule has 1 atom stereocenters. The molecule has 1 N–H and O–H groups in total. The van der Waals surface area contributed by atoms with Crippen LogP contribution in [0.1, 0.15) is 28.4 Å². The first-order chi connectivity index (χ1) is 11.6. The fourth-order valence-corrected chi connectivity index (χ4v) is 3.17. The Morgan fingerprint density at radius 3 is 2.46 bits per heavy atom. The molecule has 2 aromatic carbocycles. The largest absolute Gasteiger partial charge is 0.464 e. The second kappa shape index (κ2) is 6.45. The van der Waals surface area contributed by atoms with Crippen LogP contribution in [-0.4, -0.2) is 35.1 Å². The van der Waals surface area contributed by atoms with E-state index in [1.165, 1.54) is 4.90 Å². The standard InChI is InChI=1S/C19H19NO4/c1-2-24-18(23)19(13-21)16-11-7-6-10-15(16)17(22)20(19)12-14-8-4-3-5-9-14/h3-11,21H,2,12-13H2,1H3. The molecule has 124 valence electrons. The average Bonchev–Trinajstić information content (AvgIpc) is 2.86. The Morgan fingerprint density at radius 1 is 1.12 bits per heavy atom. The van der Waals surface area contributed by atoms with E-state index in [0.29, 0.717) is 11.1 Å². The predicted octanol–water partition coefficient (Wildman–Crippen LogP) is 2.09. The Bertz CT molecular complexity index is 759. The average molecular weight is 325 g/mol. The van der Waals surface area contributed by atoms with Gasteiger partial charge in [-0.1, -0.05) is 48.5 Å². The molecular formula is C19H19NO4. The molecule has 1 aliphatic rings. The molecule has 5 nitrogen and oxygen atoms in total. The molecular weight excluding hydrogens is 306 g/mol. The molecule has 0 saturated heterocycles. The number of amides is 1. The molecule has 1 unspecified atom stereocenters. The van der Waals surface area contributed by atoms with E-state index in [2.05, 4.69) is 0 Å². The summed E-state index contributed by atoms with van der Waals surface area (Å²) in [5, 5.41) is 10.1. The second-order valence-electron chi connectivity index (χ2n) is 5.66. The monoisotopic (exact) mass is 325 g/mol. The van der Waals surface area contributed by atoms with Crippen LogP contribution in [-0.2, 0) is 21.6 Å². The molecule has 0 aromatic heterocycles. The molecule has 1 heterocycles. The molecule has 3 rings (SSSR count). The first kappa shape index (κ1) is 16.2. The van der Waals surface area contributed by atoms with Crippen molar-refractivity contribution in [1.82, 2.24) is 4.90 Å². The number of fused-ring (bicyclic) bond motifs is 1. The van der Waals surface area contributed by atoms with Crippen molar-refractivity contribution in [3.8, 4) is 0 Å². The maximum absolute atomic E-state index is 12.9. The minimum absolute atomic E-state index is 0.177. The van der Waals surface area contributed by atoms with Crippen LogP contribution in [0.4, 0.5) is 0 Å². The zero-order valence-corrected chi connectivity index (χ0v) is 13.4. The predicted molar refractivity (Wildman–Crippen MR) is 88.2 cm³/mol. The maximum Gasteiger partial charge on any atom is 0.339 e. The van der Waals surface area contributed by atoms with Gasteiger partial charge in [0.25, 0.3) is 5.91 Å². The van der Waals surface area contributed by atoms with Crippen LogP contribution in [0, 0.1) is 0 Å². The van der Waals surface area contributed by atoms with Gasteiger partial charge in [0.15, 0.2) is 5.54 Å². The second-order valence-corrected chi connectivity index (χ2v) is 5.66. The van der Waals surface area contributed by atoms with E-state index >= 15 is 0 Å². The summed E-state index contributed by atoms with van der Waals surface area (Å²) in [6.45, 7) is 1.57. The van der Waals surface area contributed by atoms with Gasteiger partial charge in [-0.05, 0) is 18.6 Å². The minimum atomic E-state index is -1.50. The fourth-order valence-electron chi connectivity index (χ4n) is 3.17. The lowest BCUT2D eigenvalue weighted by Crippen LogP contribution is -2.52. The van der Waals surface area contributed by atoms with Crippen molar-refractivity contribution in [2.75, 3.05) is 13.2 Å². The number of hydrogen-bond donors (Lipinski definition) is 1. The summed E-state index contributed by atoms with van der Waals surface area (Å²) in [6, 6.07) is 16.2. The van der Waals surface area contributed by atoms with Crippen molar-refractivity contribution in [2.24, 2.45) is 0 Å². The van der Waals surface area contributed by atoms with Crippen molar-refractivity contribution in [2.45, 2.75) is 19.0 Å². The number of nitrogens with zero attached hydrogens (tertiary/aromatic N) is 1. The van der Waals surface area contributed by atoms with Gasteiger partial charge < -0.3 is 14.7 Å². The molecule has 5 heteroatoms. The Labute approximate surface area is 140 Å². The lowest BCUT2D eigenvalue weighted by Gasteiger charge is -2.35. The van der Waals surface area contributed by atoms with E-state index in [1.807, 2.05) is 30.3 Å².